The SMILES string of the molecule is COC(=O)c1ccc(Cl)c(CN(C)C2CCN(C(=O)OC(C)(C)C)CC2)c1. The van der Waals surface area contributed by atoms with Gasteiger partial charge in [0.15, 0.2) is 0 Å². The first kappa shape index (κ1) is 21.5. The van der Waals surface area contributed by atoms with Crippen molar-refractivity contribution in [3.05, 3.63) is 34.3 Å². The first-order chi connectivity index (χ1) is 12.6. The largest absolute Gasteiger partial charge is 0.465 e. The summed E-state index contributed by atoms with van der Waals surface area (Å²) in [5.41, 5.74) is 0.897. The summed E-state index contributed by atoms with van der Waals surface area (Å²) in [6, 6.07) is 5.50. The summed E-state index contributed by atoms with van der Waals surface area (Å²) in [6.07, 6.45) is 1.48. The van der Waals surface area contributed by atoms with Gasteiger partial charge in [0.1, 0.15) is 5.60 Å². The average Bonchev–Trinajstić information content (AvgIpc) is 2.61. The van der Waals surface area contributed by atoms with Gasteiger partial charge in [-0.1, -0.05) is 11.6 Å². The van der Waals surface area contributed by atoms with E-state index in [9.17, 15) is 9.59 Å². The van der Waals surface area contributed by atoms with Gasteiger partial charge < -0.3 is 14.4 Å². The van der Waals surface area contributed by atoms with Crippen molar-refractivity contribution in [3.8, 4) is 0 Å². The highest BCUT2D eigenvalue weighted by atomic mass is 35.5. The molecule has 1 fully saturated rings. The maximum atomic E-state index is 12.2. The topological polar surface area (TPSA) is 59.1 Å². The lowest BCUT2D eigenvalue weighted by molar-refractivity contribution is 0.0153. The molecule has 0 aliphatic carbocycles. The fourth-order valence-electron chi connectivity index (χ4n) is 3.15. The fourth-order valence-corrected chi connectivity index (χ4v) is 3.33. The number of carbonyl (C=O) groups excluding carboxylic acids is 2. The molecular weight excluding hydrogens is 368 g/mol. The molecule has 0 radical (unpaired) electrons. The Labute approximate surface area is 166 Å². The fraction of sp³-hybridized carbons (Fsp3) is 0.600. The number of methoxy groups -OCH3 is 1. The molecule has 2 rings (SSSR count). The highest BCUT2D eigenvalue weighted by molar-refractivity contribution is 6.31. The number of esters is 1. The molecule has 1 amide bonds. The third kappa shape index (κ3) is 6.11. The molecule has 1 heterocycles. The summed E-state index contributed by atoms with van der Waals surface area (Å²) in [5.74, 6) is -0.374. The molecule has 1 aromatic rings. The lowest BCUT2D eigenvalue weighted by atomic mass is 10.0. The first-order valence-corrected chi connectivity index (χ1v) is 9.53. The van der Waals surface area contributed by atoms with Crippen LogP contribution in [0.3, 0.4) is 0 Å². The first-order valence-electron chi connectivity index (χ1n) is 9.15. The minimum absolute atomic E-state index is 0.252. The van der Waals surface area contributed by atoms with Gasteiger partial charge in [-0.15, -0.1) is 0 Å². The van der Waals surface area contributed by atoms with Crippen LogP contribution >= 0.6 is 11.6 Å². The average molecular weight is 397 g/mol. The highest BCUT2D eigenvalue weighted by Crippen LogP contribution is 2.24. The number of carbonyl (C=O) groups is 2. The second kappa shape index (κ2) is 8.93. The zero-order chi connectivity index (χ0) is 20.2. The standard InChI is InChI=1S/C20H29ClN2O4/c1-20(2,3)27-19(25)23-10-8-16(9-11-23)22(4)13-15-12-14(18(24)26-5)6-7-17(15)21/h6-7,12,16H,8-11,13H2,1-5H3. The van der Waals surface area contributed by atoms with Crippen molar-refractivity contribution in [2.45, 2.75) is 51.8 Å². The monoisotopic (exact) mass is 396 g/mol. The summed E-state index contributed by atoms with van der Waals surface area (Å²) in [4.78, 5) is 27.9. The Morgan fingerprint density at radius 3 is 2.44 bits per heavy atom. The third-order valence-corrected chi connectivity index (χ3v) is 4.99. The van der Waals surface area contributed by atoms with Crippen molar-refractivity contribution in [1.82, 2.24) is 9.80 Å². The molecule has 1 saturated heterocycles. The summed E-state index contributed by atoms with van der Waals surface area (Å²) < 4.78 is 10.2. The van der Waals surface area contributed by atoms with Crippen LogP contribution in [0.4, 0.5) is 4.79 Å². The van der Waals surface area contributed by atoms with Crippen LogP contribution in [-0.2, 0) is 16.0 Å². The Balaban J connectivity index is 1.94. The maximum absolute atomic E-state index is 12.2. The summed E-state index contributed by atoms with van der Waals surface area (Å²) in [7, 11) is 3.40. The Bertz CT molecular complexity index is 679. The van der Waals surface area contributed by atoms with E-state index in [-0.39, 0.29) is 12.1 Å². The number of hydrogen-bond acceptors (Lipinski definition) is 5. The lowest BCUT2D eigenvalue weighted by Crippen LogP contribution is -2.46. The van der Waals surface area contributed by atoms with Crippen molar-refractivity contribution in [3.63, 3.8) is 0 Å². The van der Waals surface area contributed by atoms with Crippen molar-refractivity contribution in [2.75, 3.05) is 27.2 Å². The number of halogens is 1. The van der Waals surface area contributed by atoms with Crippen LogP contribution in [0.1, 0.15) is 49.5 Å². The second-order valence-corrected chi connectivity index (χ2v) is 8.32. The molecule has 0 saturated carbocycles. The van der Waals surface area contributed by atoms with E-state index < -0.39 is 5.60 Å². The summed E-state index contributed by atoms with van der Waals surface area (Å²) in [5, 5.41) is 0.626. The molecular formula is C20H29ClN2O4. The van der Waals surface area contributed by atoms with Crippen molar-refractivity contribution >= 4 is 23.7 Å². The molecule has 0 bridgehead atoms. The van der Waals surface area contributed by atoms with Crippen LogP contribution in [0.2, 0.25) is 5.02 Å². The number of rotatable bonds is 4. The quantitative estimate of drug-likeness (QED) is 0.721. The summed E-state index contributed by atoms with van der Waals surface area (Å²) >= 11 is 6.31. The van der Waals surface area contributed by atoms with Crippen LogP contribution in [-0.4, -0.2) is 60.8 Å². The van der Waals surface area contributed by atoms with Crippen LogP contribution in [0.15, 0.2) is 18.2 Å². The number of ether oxygens (including phenoxy) is 2. The molecule has 0 unspecified atom stereocenters. The van der Waals surface area contributed by atoms with E-state index in [0.717, 1.165) is 18.4 Å². The lowest BCUT2D eigenvalue weighted by Gasteiger charge is -2.37. The Hall–Kier alpha value is -1.79. The predicted molar refractivity (Wildman–Crippen MR) is 105 cm³/mol. The molecule has 150 valence electrons. The molecule has 6 nitrogen and oxygen atoms in total. The molecule has 1 aliphatic heterocycles. The Kier molecular flexibility index (Phi) is 7.12. The van der Waals surface area contributed by atoms with Gasteiger partial charge in [-0.3, -0.25) is 4.90 Å². The van der Waals surface area contributed by atoms with Crippen molar-refractivity contribution < 1.29 is 19.1 Å². The van der Waals surface area contributed by atoms with E-state index in [2.05, 4.69) is 4.90 Å². The van der Waals surface area contributed by atoms with Gasteiger partial charge in [-0.25, -0.2) is 9.59 Å². The smallest absolute Gasteiger partial charge is 0.410 e. The van der Waals surface area contributed by atoms with Crippen molar-refractivity contribution in [2.24, 2.45) is 0 Å². The minimum Gasteiger partial charge on any atom is -0.465 e. The molecule has 0 atom stereocenters. The van der Waals surface area contributed by atoms with Gasteiger partial charge >= 0.3 is 12.1 Å². The molecule has 27 heavy (non-hydrogen) atoms. The molecule has 0 N–H and O–H groups in total. The van der Waals surface area contributed by atoms with E-state index in [4.69, 9.17) is 21.1 Å². The van der Waals surface area contributed by atoms with Gasteiger partial charge in [-0.05, 0) is 64.4 Å². The van der Waals surface area contributed by atoms with E-state index in [1.165, 1.54) is 7.11 Å². The zero-order valence-corrected chi connectivity index (χ0v) is 17.5. The molecule has 0 aromatic heterocycles. The molecule has 1 aromatic carbocycles. The second-order valence-electron chi connectivity index (χ2n) is 7.91. The molecule has 0 spiro atoms. The van der Waals surface area contributed by atoms with Crippen molar-refractivity contribution in [1.29, 1.82) is 0 Å². The van der Waals surface area contributed by atoms with Crippen LogP contribution in [0.25, 0.3) is 0 Å². The van der Waals surface area contributed by atoms with Crippen LogP contribution in [0, 0.1) is 0 Å². The number of piperidine rings is 1. The Morgan fingerprint density at radius 2 is 1.89 bits per heavy atom. The van der Waals surface area contributed by atoms with Gasteiger partial charge in [0, 0.05) is 30.7 Å². The number of hydrogen-bond donors (Lipinski definition) is 0. The minimum atomic E-state index is -0.480. The number of benzene rings is 1. The third-order valence-electron chi connectivity index (χ3n) is 4.63. The number of nitrogens with zero attached hydrogens (tertiary/aromatic N) is 2. The van der Waals surface area contributed by atoms with E-state index in [1.807, 2.05) is 27.8 Å². The molecule has 1 aliphatic rings. The number of amides is 1. The van der Waals surface area contributed by atoms with Crippen LogP contribution < -0.4 is 0 Å². The molecule has 7 heteroatoms. The van der Waals surface area contributed by atoms with Crippen LogP contribution in [0.5, 0.6) is 0 Å². The zero-order valence-electron chi connectivity index (χ0n) is 16.8. The van der Waals surface area contributed by atoms with E-state index >= 15 is 0 Å². The van der Waals surface area contributed by atoms with E-state index in [1.54, 1.807) is 23.1 Å². The number of likely N-dealkylation sites (tertiary alicyclic amines) is 1. The maximum Gasteiger partial charge on any atom is 0.410 e. The van der Waals surface area contributed by atoms with Gasteiger partial charge in [0.2, 0.25) is 0 Å². The van der Waals surface area contributed by atoms with Gasteiger partial charge in [0.05, 0.1) is 12.7 Å². The summed E-state index contributed by atoms with van der Waals surface area (Å²) in [6.45, 7) is 7.58. The predicted octanol–water partition coefficient (Wildman–Crippen LogP) is 3.96. The van der Waals surface area contributed by atoms with Gasteiger partial charge in [-0.2, -0.15) is 0 Å². The Morgan fingerprint density at radius 1 is 1.26 bits per heavy atom. The highest BCUT2D eigenvalue weighted by Gasteiger charge is 2.28. The van der Waals surface area contributed by atoms with Gasteiger partial charge in [0.25, 0.3) is 0 Å². The normalized spacial score (nSPS) is 15.7. The van der Waals surface area contributed by atoms with E-state index in [0.29, 0.717) is 36.3 Å².